The Hall–Kier alpha value is -2.62. The predicted molar refractivity (Wildman–Crippen MR) is 89.6 cm³/mol. The number of aromatic nitrogens is 2. The quantitative estimate of drug-likeness (QED) is 0.699. The molecule has 0 aliphatic carbocycles. The minimum Gasteiger partial charge on any atom is -0.494 e. The highest BCUT2D eigenvalue weighted by atomic mass is 19.1. The van der Waals surface area contributed by atoms with Crippen LogP contribution in [0.4, 0.5) is 4.39 Å². The fourth-order valence-corrected chi connectivity index (χ4v) is 2.56. The van der Waals surface area contributed by atoms with Crippen LogP contribution in [0, 0.1) is 19.7 Å². The summed E-state index contributed by atoms with van der Waals surface area (Å²) in [6.45, 7) is 6.68. The van der Waals surface area contributed by atoms with Gasteiger partial charge in [-0.3, -0.25) is 0 Å². The maximum atomic E-state index is 13.1. The highest BCUT2D eigenvalue weighted by Gasteiger charge is 2.14. The average Bonchev–Trinajstić information content (AvgIpc) is 2.85. The zero-order valence-electron chi connectivity index (χ0n) is 13.5. The molecule has 0 aliphatic rings. The van der Waals surface area contributed by atoms with E-state index < -0.39 is 0 Å². The van der Waals surface area contributed by atoms with E-state index in [9.17, 15) is 4.39 Å². The monoisotopic (exact) mass is 310 g/mol. The van der Waals surface area contributed by atoms with E-state index in [0.29, 0.717) is 6.61 Å². The number of benzene rings is 2. The zero-order valence-corrected chi connectivity index (χ0v) is 13.5. The zero-order chi connectivity index (χ0) is 16.4. The average molecular weight is 310 g/mol. The molecule has 4 heteroatoms. The van der Waals surface area contributed by atoms with Crippen molar-refractivity contribution in [1.82, 2.24) is 9.78 Å². The van der Waals surface area contributed by atoms with Gasteiger partial charge in [0.25, 0.3) is 0 Å². The standard InChI is InChI=1S/C19H19FN2O/c1-4-23-18-11-9-17(10-12-18)22-14(3)13(2)19(21-22)15-5-7-16(20)8-6-15/h5-12H,4H2,1-3H3. The van der Waals surface area contributed by atoms with Gasteiger partial charge in [-0.1, -0.05) is 0 Å². The van der Waals surface area contributed by atoms with Crippen LogP contribution < -0.4 is 4.74 Å². The van der Waals surface area contributed by atoms with Crippen LogP contribution in [-0.2, 0) is 0 Å². The van der Waals surface area contributed by atoms with Crippen LogP contribution in [0.25, 0.3) is 16.9 Å². The van der Waals surface area contributed by atoms with E-state index in [2.05, 4.69) is 0 Å². The lowest BCUT2D eigenvalue weighted by atomic mass is 10.1. The number of rotatable bonds is 4. The first-order chi connectivity index (χ1) is 11.1. The maximum Gasteiger partial charge on any atom is 0.123 e. The molecule has 0 radical (unpaired) electrons. The molecular weight excluding hydrogens is 291 g/mol. The summed E-state index contributed by atoms with van der Waals surface area (Å²) in [7, 11) is 0. The van der Waals surface area contributed by atoms with E-state index in [-0.39, 0.29) is 5.82 Å². The van der Waals surface area contributed by atoms with Gasteiger partial charge in [-0.05, 0) is 74.9 Å². The Morgan fingerprint density at radius 2 is 1.65 bits per heavy atom. The van der Waals surface area contributed by atoms with Crippen LogP contribution in [0.3, 0.4) is 0 Å². The summed E-state index contributed by atoms with van der Waals surface area (Å²) in [4.78, 5) is 0. The Balaban J connectivity index is 2.01. The highest BCUT2D eigenvalue weighted by Crippen LogP contribution is 2.27. The van der Waals surface area contributed by atoms with Crippen molar-refractivity contribution in [2.24, 2.45) is 0 Å². The van der Waals surface area contributed by atoms with Crippen molar-refractivity contribution in [2.45, 2.75) is 20.8 Å². The Morgan fingerprint density at radius 3 is 2.26 bits per heavy atom. The number of ether oxygens (including phenoxy) is 1. The molecule has 23 heavy (non-hydrogen) atoms. The molecule has 0 unspecified atom stereocenters. The van der Waals surface area contributed by atoms with Crippen molar-refractivity contribution in [3.8, 4) is 22.7 Å². The van der Waals surface area contributed by atoms with Crippen molar-refractivity contribution in [1.29, 1.82) is 0 Å². The molecule has 0 spiro atoms. The molecule has 0 N–H and O–H groups in total. The van der Waals surface area contributed by atoms with E-state index >= 15 is 0 Å². The van der Waals surface area contributed by atoms with Gasteiger partial charge in [-0.25, -0.2) is 9.07 Å². The van der Waals surface area contributed by atoms with Crippen molar-refractivity contribution in [3.05, 3.63) is 65.6 Å². The summed E-state index contributed by atoms with van der Waals surface area (Å²) in [6, 6.07) is 14.3. The maximum absolute atomic E-state index is 13.1. The number of hydrogen-bond acceptors (Lipinski definition) is 2. The second kappa shape index (κ2) is 6.24. The van der Waals surface area contributed by atoms with Gasteiger partial charge in [0.15, 0.2) is 0 Å². The first kappa shape index (κ1) is 15.3. The Morgan fingerprint density at radius 1 is 1.00 bits per heavy atom. The van der Waals surface area contributed by atoms with Gasteiger partial charge in [0.1, 0.15) is 11.6 Å². The summed E-state index contributed by atoms with van der Waals surface area (Å²) in [6.07, 6.45) is 0. The summed E-state index contributed by atoms with van der Waals surface area (Å²) in [5, 5.41) is 4.71. The van der Waals surface area contributed by atoms with Gasteiger partial charge in [0, 0.05) is 11.3 Å². The van der Waals surface area contributed by atoms with Crippen LogP contribution in [0.5, 0.6) is 5.75 Å². The minimum absolute atomic E-state index is 0.242. The van der Waals surface area contributed by atoms with Gasteiger partial charge >= 0.3 is 0 Å². The SMILES string of the molecule is CCOc1ccc(-n2nc(-c3ccc(F)cc3)c(C)c2C)cc1. The van der Waals surface area contributed by atoms with Crippen molar-refractivity contribution >= 4 is 0 Å². The third-order valence-electron chi connectivity index (χ3n) is 3.93. The molecule has 0 atom stereocenters. The lowest BCUT2D eigenvalue weighted by Crippen LogP contribution is -1.99. The van der Waals surface area contributed by atoms with Gasteiger partial charge < -0.3 is 4.74 Å². The van der Waals surface area contributed by atoms with E-state index in [1.807, 2.05) is 49.7 Å². The number of nitrogens with zero attached hydrogens (tertiary/aromatic N) is 2. The molecule has 118 valence electrons. The first-order valence-electron chi connectivity index (χ1n) is 7.65. The molecule has 1 heterocycles. The number of halogens is 1. The largest absolute Gasteiger partial charge is 0.494 e. The Kier molecular flexibility index (Phi) is 4.15. The molecule has 0 aliphatic heterocycles. The predicted octanol–water partition coefficient (Wildman–Crippen LogP) is 4.69. The normalized spacial score (nSPS) is 10.8. The van der Waals surface area contributed by atoms with Crippen LogP contribution in [-0.4, -0.2) is 16.4 Å². The van der Waals surface area contributed by atoms with Crippen LogP contribution in [0.2, 0.25) is 0 Å². The van der Waals surface area contributed by atoms with Crippen LogP contribution >= 0.6 is 0 Å². The molecule has 0 saturated carbocycles. The van der Waals surface area contributed by atoms with Gasteiger partial charge in [0.05, 0.1) is 18.0 Å². The van der Waals surface area contributed by atoms with Crippen molar-refractivity contribution in [2.75, 3.05) is 6.61 Å². The smallest absolute Gasteiger partial charge is 0.123 e. The summed E-state index contributed by atoms with van der Waals surface area (Å²) in [5.41, 5.74) is 4.91. The third-order valence-corrected chi connectivity index (χ3v) is 3.93. The lowest BCUT2D eigenvalue weighted by molar-refractivity contribution is 0.340. The van der Waals surface area contributed by atoms with Crippen LogP contribution in [0.15, 0.2) is 48.5 Å². The van der Waals surface area contributed by atoms with Gasteiger partial charge in [-0.15, -0.1) is 0 Å². The molecule has 0 saturated heterocycles. The summed E-state index contributed by atoms with van der Waals surface area (Å²) >= 11 is 0. The highest BCUT2D eigenvalue weighted by molar-refractivity contribution is 5.64. The topological polar surface area (TPSA) is 27.1 Å². The molecule has 3 rings (SSSR count). The molecular formula is C19H19FN2O. The summed E-state index contributed by atoms with van der Waals surface area (Å²) in [5.74, 6) is 0.602. The minimum atomic E-state index is -0.242. The van der Waals surface area contributed by atoms with Crippen LogP contribution in [0.1, 0.15) is 18.2 Å². The molecule has 0 amide bonds. The van der Waals surface area contributed by atoms with E-state index in [0.717, 1.165) is 34.0 Å². The lowest BCUT2D eigenvalue weighted by Gasteiger charge is -2.07. The van der Waals surface area contributed by atoms with Gasteiger partial charge in [0.2, 0.25) is 0 Å². The molecule has 3 nitrogen and oxygen atoms in total. The van der Waals surface area contributed by atoms with Gasteiger partial charge in [-0.2, -0.15) is 5.10 Å². The van der Waals surface area contributed by atoms with E-state index in [4.69, 9.17) is 9.84 Å². The van der Waals surface area contributed by atoms with Crippen molar-refractivity contribution < 1.29 is 9.13 Å². The summed E-state index contributed by atoms with van der Waals surface area (Å²) < 4.78 is 20.5. The van der Waals surface area contributed by atoms with E-state index in [1.165, 1.54) is 12.1 Å². The Labute approximate surface area is 135 Å². The second-order valence-electron chi connectivity index (χ2n) is 5.40. The molecule has 2 aromatic carbocycles. The fourth-order valence-electron chi connectivity index (χ4n) is 2.56. The number of hydrogen-bond donors (Lipinski definition) is 0. The molecule has 0 fully saturated rings. The second-order valence-corrected chi connectivity index (χ2v) is 5.40. The molecule has 1 aromatic heterocycles. The first-order valence-corrected chi connectivity index (χ1v) is 7.65. The molecule has 0 bridgehead atoms. The third kappa shape index (κ3) is 2.97. The Bertz CT molecular complexity index is 805. The van der Waals surface area contributed by atoms with Crippen molar-refractivity contribution in [3.63, 3.8) is 0 Å². The molecule has 3 aromatic rings. The fraction of sp³-hybridized carbons (Fsp3) is 0.211. The van der Waals surface area contributed by atoms with E-state index in [1.54, 1.807) is 12.1 Å².